The smallest absolute Gasteiger partial charge is 0.200 e. The van der Waals surface area contributed by atoms with Crippen molar-refractivity contribution in [3.05, 3.63) is 30.3 Å². The van der Waals surface area contributed by atoms with E-state index in [0.29, 0.717) is 17.2 Å². The van der Waals surface area contributed by atoms with Crippen LogP contribution in [0.15, 0.2) is 30.3 Å². The molecule has 0 heterocycles. The molecule has 0 aromatic heterocycles. The fourth-order valence-electron chi connectivity index (χ4n) is 1.92. The Kier molecular flexibility index (Phi) is 3.89. The summed E-state index contributed by atoms with van der Waals surface area (Å²) >= 11 is 0. The predicted octanol–water partition coefficient (Wildman–Crippen LogP) is 2.79. The van der Waals surface area contributed by atoms with Gasteiger partial charge in [0.15, 0.2) is 23.0 Å². The van der Waals surface area contributed by atoms with Crippen molar-refractivity contribution in [2.24, 2.45) is 0 Å². The molecule has 0 fully saturated rings. The second kappa shape index (κ2) is 5.61. The molecule has 0 bridgehead atoms. The molecule has 0 radical (unpaired) electrons. The van der Waals surface area contributed by atoms with Crippen LogP contribution in [-0.2, 0) is 0 Å². The average Bonchev–Trinajstić information content (AvgIpc) is 2.48. The molecule has 0 aliphatic heterocycles. The van der Waals surface area contributed by atoms with E-state index >= 15 is 0 Å². The van der Waals surface area contributed by atoms with Crippen LogP contribution in [0.2, 0.25) is 0 Å². The molecule has 2 N–H and O–H groups in total. The van der Waals surface area contributed by atoms with Crippen molar-refractivity contribution >= 4 is 0 Å². The largest absolute Gasteiger partial charge is 0.504 e. The first-order chi connectivity index (χ1) is 9.60. The maximum absolute atomic E-state index is 9.89. The number of aromatic hydroxyl groups is 2. The monoisotopic (exact) mass is 276 g/mol. The molecule has 0 saturated heterocycles. The minimum absolute atomic E-state index is 0.0514. The highest BCUT2D eigenvalue weighted by Gasteiger charge is 2.13. The van der Waals surface area contributed by atoms with Gasteiger partial charge in [0.1, 0.15) is 0 Å². The van der Waals surface area contributed by atoms with Crippen LogP contribution in [0.5, 0.6) is 28.7 Å². The van der Waals surface area contributed by atoms with Crippen molar-refractivity contribution in [3.63, 3.8) is 0 Å². The zero-order valence-corrected chi connectivity index (χ0v) is 11.5. The maximum Gasteiger partial charge on any atom is 0.200 e. The lowest BCUT2D eigenvalue weighted by Gasteiger charge is -2.12. The van der Waals surface area contributed by atoms with E-state index in [1.807, 2.05) is 0 Å². The predicted molar refractivity (Wildman–Crippen MR) is 74.9 cm³/mol. The van der Waals surface area contributed by atoms with Crippen molar-refractivity contribution in [3.8, 4) is 39.9 Å². The molecule has 2 aromatic carbocycles. The normalized spacial score (nSPS) is 10.2. The molecule has 0 aliphatic carbocycles. The van der Waals surface area contributed by atoms with Gasteiger partial charge in [-0.2, -0.15) is 0 Å². The number of ether oxygens (including phenoxy) is 3. The summed E-state index contributed by atoms with van der Waals surface area (Å²) in [7, 11) is 4.42. The first kappa shape index (κ1) is 13.9. The van der Waals surface area contributed by atoms with Gasteiger partial charge in [0, 0.05) is 0 Å². The average molecular weight is 276 g/mol. The van der Waals surface area contributed by atoms with Gasteiger partial charge in [0.25, 0.3) is 0 Å². The fraction of sp³-hybridized carbons (Fsp3) is 0.200. The number of hydrogen-bond acceptors (Lipinski definition) is 5. The van der Waals surface area contributed by atoms with Crippen LogP contribution < -0.4 is 14.2 Å². The molecular formula is C15H16O5. The second-order valence-electron chi connectivity index (χ2n) is 4.12. The molecule has 0 spiro atoms. The summed E-state index contributed by atoms with van der Waals surface area (Å²) in [6.45, 7) is 0. The van der Waals surface area contributed by atoms with Crippen LogP contribution in [0.25, 0.3) is 11.1 Å². The molecular weight excluding hydrogens is 260 g/mol. The van der Waals surface area contributed by atoms with Crippen molar-refractivity contribution in [1.82, 2.24) is 0 Å². The van der Waals surface area contributed by atoms with Gasteiger partial charge in [0.2, 0.25) is 5.75 Å². The molecule has 5 heteroatoms. The summed E-state index contributed by atoms with van der Waals surface area (Å²) in [6, 6.07) is 8.34. The summed E-state index contributed by atoms with van der Waals surface area (Å²) in [5.41, 5.74) is 1.58. The first-order valence-electron chi connectivity index (χ1n) is 5.93. The molecule has 2 aromatic rings. The Balaban J connectivity index is 2.57. The molecule has 0 saturated carbocycles. The fourth-order valence-corrected chi connectivity index (χ4v) is 1.92. The third-order valence-corrected chi connectivity index (χ3v) is 2.99. The lowest BCUT2D eigenvalue weighted by atomic mass is 10.0. The van der Waals surface area contributed by atoms with E-state index in [1.165, 1.54) is 21.3 Å². The number of benzene rings is 2. The number of methoxy groups -OCH3 is 3. The van der Waals surface area contributed by atoms with E-state index < -0.39 is 0 Å². The standard InChI is InChI=1S/C15H16O5/c1-18-12-6-9(4-5-11(12)16)10-7-13(19-2)15(17)14(8-10)20-3/h4-8,16-17H,1-3H3. The number of rotatable bonds is 4. The maximum atomic E-state index is 9.89. The number of hydrogen-bond donors (Lipinski definition) is 2. The van der Waals surface area contributed by atoms with Crippen molar-refractivity contribution in [1.29, 1.82) is 0 Å². The zero-order valence-electron chi connectivity index (χ0n) is 11.5. The van der Waals surface area contributed by atoms with Crippen LogP contribution in [0.3, 0.4) is 0 Å². The lowest BCUT2D eigenvalue weighted by molar-refractivity contribution is 0.340. The summed E-state index contributed by atoms with van der Waals surface area (Å²) in [4.78, 5) is 0. The number of phenolic OH excluding ortho intramolecular Hbond substituents is 2. The van der Waals surface area contributed by atoms with E-state index in [-0.39, 0.29) is 11.5 Å². The minimum Gasteiger partial charge on any atom is -0.504 e. The Morgan fingerprint density at radius 2 is 1.20 bits per heavy atom. The van der Waals surface area contributed by atoms with E-state index in [9.17, 15) is 10.2 Å². The molecule has 106 valence electrons. The quantitative estimate of drug-likeness (QED) is 0.898. The highest BCUT2D eigenvalue weighted by atomic mass is 16.5. The first-order valence-corrected chi connectivity index (χ1v) is 5.93. The van der Waals surface area contributed by atoms with E-state index in [2.05, 4.69) is 0 Å². The van der Waals surface area contributed by atoms with Gasteiger partial charge in [-0.1, -0.05) is 6.07 Å². The SMILES string of the molecule is COc1cc(-c2cc(OC)c(O)c(OC)c2)ccc1O. The van der Waals surface area contributed by atoms with Crippen LogP contribution in [0.1, 0.15) is 0 Å². The molecule has 0 amide bonds. The second-order valence-corrected chi connectivity index (χ2v) is 4.12. The molecule has 20 heavy (non-hydrogen) atoms. The Labute approximate surface area is 117 Å². The Hall–Kier alpha value is -2.56. The lowest BCUT2D eigenvalue weighted by Crippen LogP contribution is -1.91. The van der Waals surface area contributed by atoms with Crippen LogP contribution in [0.4, 0.5) is 0 Å². The van der Waals surface area contributed by atoms with Gasteiger partial charge >= 0.3 is 0 Å². The number of phenols is 2. The van der Waals surface area contributed by atoms with Crippen molar-refractivity contribution < 1.29 is 24.4 Å². The van der Waals surface area contributed by atoms with Crippen LogP contribution in [-0.4, -0.2) is 31.5 Å². The van der Waals surface area contributed by atoms with E-state index in [1.54, 1.807) is 30.3 Å². The van der Waals surface area contributed by atoms with E-state index in [0.717, 1.165) is 11.1 Å². The van der Waals surface area contributed by atoms with Crippen molar-refractivity contribution in [2.75, 3.05) is 21.3 Å². The summed E-state index contributed by atoms with van der Waals surface area (Å²) < 4.78 is 15.3. The van der Waals surface area contributed by atoms with E-state index in [4.69, 9.17) is 14.2 Å². The van der Waals surface area contributed by atoms with Gasteiger partial charge in [-0.05, 0) is 35.4 Å². The van der Waals surface area contributed by atoms with Gasteiger partial charge in [-0.3, -0.25) is 0 Å². The Morgan fingerprint density at radius 3 is 1.70 bits per heavy atom. The van der Waals surface area contributed by atoms with Crippen LogP contribution in [0, 0.1) is 0 Å². The molecule has 0 atom stereocenters. The van der Waals surface area contributed by atoms with Gasteiger partial charge in [-0.25, -0.2) is 0 Å². The molecule has 2 rings (SSSR count). The van der Waals surface area contributed by atoms with Gasteiger partial charge in [-0.15, -0.1) is 0 Å². The molecule has 0 unspecified atom stereocenters. The highest BCUT2D eigenvalue weighted by Crippen LogP contribution is 2.41. The summed E-state index contributed by atoms with van der Waals surface area (Å²) in [5.74, 6) is 1.00. The summed E-state index contributed by atoms with van der Waals surface area (Å²) in [5, 5.41) is 19.5. The topological polar surface area (TPSA) is 68.2 Å². The Bertz CT molecular complexity index is 597. The third kappa shape index (κ3) is 2.42. The molecule has 0 aliphatic rings. The Morgan fingerprint density at radius 1 is 0.700 bits per heavy atom. The minimum atomic E-state index is -0.0514. The zero-order chi connectivity index (χ0) is 14.7. The summed E-state index contributed by atoms with van der Waals surface area (Å²) in [6.07, 6.45) is 0. The molecule has 5 nitrogen and oxygen atoms in total. The van der Waals surface area contributed by atoms with Gasteiger partial charge in [0.05, 0.1) is 21.3 Å². The van der Waals surface area contributed by atoms with Gasteiger partial charge < -0.3 is 24.4 Å². The van der Waals surface area contributed by atoms with Crippen molar-refractivity contribution in [2.45, 2.75) is 0 Å². The van der Waals surface area contributed by atoms with Crippen LogP contribution >= 0.6 is 0 Å². The third-order valence-electron chi connectivity index (χ3n) is 2.99. The highest BCUT2D eigenvalue weighted by molar-refractivity contribution is 5.72.